The van der Waals surface area contributed by atoms with Crippen LogP contribution < -0.4 is 0 Å². The predicted octanol–water partition coefficient (Wildman–Crippen LogP) is 3.84. The second kappa shape index (κ2) is 5.52. The number of ketones is 1. The van der Waals surface area contributed by atoms with Gasteiger partial charge in [0.2, 0.25) is 0 Å². The zero-order valence-electron chi connectivity index (χ0n) is 12.5. The van der Waals surface area contributed by atoms with Gasteiger partial charge < -0.3 is 0 Å². The lowest BCUT2D eigenvalue weighted by atomic mass is 9.94. The first-order valence-corrected chi connectivity index (χ1v) is 7.39. The molecule has 0 atom stereocenters. The van der Waals surface area contributed by atoms with Crippen molar-refractivity contribution in [1.82, 2.24) is 9.78 Å². The van der Waals surface area contributed by atoms with Gasteiger partial charge in [-0.3, -0.25) is 9.48 Å². The average molecular weight is 335 g/mol. The smallest absolute Gasteiger partial charge is 0.169 e. The summed E-state index contributed by atoms with van der Waals surface area (Å²) >= 11 is 3.52. The van der Waals surface area contributed by atoms with Crippen LogP contribution in [-0.4, -0.2) is 15.6 Å². The number of hydrogen-bond donors (Lipinski definition) is 0. The standard InChI is InChI=1S/C16H19BrN2O/c1-9-6-10(2)15(11(3)7-9)14(20)8-13-16(17)12(4)18-19(13)5/h6-7H,8H2,1-5H3. The number of aromatic nitrogens is 2. The molecule has 0 unspecified atom stereocenters. The van der Waals surface area contributed by atoms with Crippen molar-refractivity contribution in [2.45, 2.75) is 34.1 Å². The van der Waals surface area contributed by atoms with Gasteiger partial charge in [-0.2, -0.15) is 5.10 Å². The number of nitrogens with zero attached hydrogens (tertiary/aromatic N) is 2. The number of halogens is 1. The lowest BCUT2D eigenvalue weighted by Crippen LogP contribution is -2.11. The van der Waals surface area contributed by atoms with Gasteiger partial charge in [0.1, 0.15) is 0 Å². The van der Waals surface area contributed by atoms with Crippen molar-refractivity contribution in [1.29, 1.82) is 0 Å². The zero-order valence-corrected chi connectivity index (χ0v) is 14.1. The molecule has 1 aromatic carbocycles. The van der Waals surface area contributed by atoms with Crippen molar-refractivity contribution >= 4 is 21.7 Å². The fraction of sp³-hybridized carbons (Fsp3) is 0.375. The molecular weight excluding hydrogens is 316 g/mol. The third kappa shape index (κ3) is 2.70. The normalized spacial score (nSPS) is 10.9. The Hall–Kier alpha value is -1.42. The van der Waals surface area contributed by atoms with Gasteiger partial charge in [-0.05, 0) is 54.8 Å². The highest BCUT2D eigenvalue weighted by Gasteiger charge is 2.18. The molecule has 0 saturated carbocycles. The molecule has 0 radical (unpaired) electrons. The van der Waals surface area contributed by atoms with Crippen LogP contribution in [0.1, 0.15) is 38.4 Å². The molecule has 0 aliphatic rings. The van der Waals surface area contributed by atoms with Gasteiger partial charge in [0.05, 0.1) is 22.3 Å². The SMILES string of the molecule is Cc1cc(C)c(C(=O)Cc2c(Br)c(C)nn2C)c(C)c1. The predicted molar refractivity (Wildman–Crippen MR) is 84.3 cm³/mol. The first-order chi connectivity index (χ1) is 9.31. The molecule has 0 fully saturated rings. The number of carbonyl (C=O) groups is 1. The van der Waals surface area contributed by atoms with Crippen LogP contribution in [0, 0.1) is 27.7 Å². The highest BCUT2D eigenvalue weighted by molar-refractivity contribution is 9.10. The molecule has 20 heavy (non-hydrogen) atoms. The summed E-state index contributed by atoms with van der Waals surface area (Å²) < 4.78 is 2.70. The van der Waals surface area contributed by atoms with Gasteiger partial charge in [0.15, 0.2) is 5.78 Å². The summed E-state index contributed by atoms with van der Waals surface area (Å²) in [7, 11) is 1.87. The van der Waals surface area contributed by atoms with Gasteiger partial charge in [-0.15, -0.1) is 0 Å². The molecule has 4 heteroatoms. The van der Waals surface area contributed by atoms with Crippen molar-refractivity contribution in [3.63, 3.8) is 0 Å². The van der Waals surface area contributed by atoms with Gasteiger partial charge >= 0.3 is 0 Å². The third-order valence-electron chi connectivity index (χ3n) is 3.55. The summed E-state index contributed by atoms with van der Waals surface area (Å²) in [6, 6.07) is 4.12. The Balaban J connectivity index is 2.38. The van der Waals surface area contributed by atoms with Crippen molar-refractivity contribution in [3.05, 3.63) is 50.2 Å². The lowest BCUT2D eigenvalue weighted by molar-refractivity contribution is 0.0989. The number of benzene rings is 1. The van der Waals surface area contributed by atoms with Crippen molar-refractivity contribution in [3.8, 4) is 0 Å². The maximum Gasteiger partial charge on any atom is 0.169 e. The maximum atomic E-state index is 12.6. The zero-order chi connectivity index (χ0) is 15.0. The molecule has 0 aliphatic heterocycles. The second-order valence-electron chi connectivity index (χ2n) is 5.34. The summed E-state index contributed by atoms with van der Waals surface area (Å²) in [5, 5.41) is 4.33. The van der Waals surface area contributed by atoms with E-state index in [0.717, 1.165) is 32.6 Å². The fourth-order valence-electron chi connectivity index (χ4n) is 2.73. The van der Waals surface area contributed by atoms with E-state index >= 15 is 0 Å². The fourth-order valence-corrected chi connectivity index (χ4v) is 3.21. The molecule has 0 aliphatic carbocycles. The summed E-state index contributed by atoms with van der Waals surface area (Å²) in [6.07, 6.45) is 0.364. The summed E-state index contributed by atoms with van der Waals surface area (Å²) in [4.78, 5) is 12.6. The lowest BCUT2D eigenvalue weighted by Gasteiger charge is -2.10. The summed E-state index contributed by atoms with van der Waals surface area (Å²) in [6.45, 7) is 7.98. The largest absolute Gasteiger partial charge is 0.294 e. The minimum atomic E-state index is 0.142. The summed E-state index contributed by atoms with van der Waals surface area (Å²) in [5.41, 5.74) is 5.94. The van der Waals surface area contributed by atoms with E-state index in [2.05, 4.69) is 40.1 Å². The Morgan fingerprint density at radius 1 is 1.20 bits per heavy atom. The van der Waals surface area contributed by atoms with Gasteiger partial charge in [-0.1, -0.05) is 17.7 Å². The van der Waals surface area contributed by atoms with Crippen LogP contribution in [0.25, 0.3) is 0 Å². The molecular formula is C16H19BrN2O. The number of rotatable bonds is 3. The van der Waals surface area contributed by atoms with E-state index in [0.29, 0.717) is 6.42 Å². The van der Waals surface area contributed by atoms with Gasteiger partial charge in [0, 0.05) is 12.6 Å². The van der Waals surface area contributed by atoms with Crippen LogP contribution in [0.2, 0.25) is 0 Å². The van der Waals surface area contributed by atoms with Crippen molar-refractivity contribution in [2.75, 3.05) is 0 Å². The van der Waals surface area contributed by atoms with E-state index in [1.807, 2.05) is 27.8 Å². The molecule has 1 aromatic heterocycles. The third-order valence-corrected chi connectivity index (χ3v) is 4.58. The highest BCUT2D eigenvalue weighted by Crippen LogP contribution is 2.24. The number of Topliss-reactive ketones (excluding diaryl/α,β-unsaturated/α-hetero) is 1. The Bertz CT molecular complexity index is 663. The highest BCUT2D eigenvalue weighted by atomic mass is 79.9. The van der Waals surface area contributed by atoms with Gasteiger partial charge in [0.25, 0.3) is 0 Å². The molecule has 3 nitrogen and oxygen atoms in total. The number of hydrogen-bond acceptors (Lipinski definition) is 2. The van der Waals surface area contributed by atoms with Gasteiger partial charge in [-0.25, -0.2) is 0 Å². The van der Waals surface area contributed by atoms with E-state index < -0.39 is 0 Å². The minimum absolute atomic E-state index is 0.142. The Morgan fingerprint density at radius 3 is 2.20 bits per heavy atom. The molecule has 0 amide bonds. The van der Waals surface area contributed by atoms with E-state index in [1.165, 1.54) is 5.56 Å². The van der Waals surface area contributed by atoms with E-state index in [4.69, 9.17) is 0 Å². The monoisotopic (exact) mass is 334 g/mol. The Kier molecular flexibility index (Phi) is 4.14. The second-order valence-corrected chi connectivity index (χ2v) is 6.14. The minimum Gasteiger partial charge on any atom is -0.294 e. The first kappa shape index (κ1) is 15.0. The summed E-state index contributed by atoms with van der Waals surface area (Å²) in [5.74, 6) is 0.142. The topological polar surface area (TPSA) is 34.9 Å². The van der Waals surface area contributed by atoms with Crippen LogP contribution in [0.4, 0.5) is 0 Å². The van der Waals surface area contributed by atoms with Crippen LogP contribution in [0.5, 0.6) is 0 Å². The average Bonchev–Trinajstić information content (AvgIpc) is 2.54. The number of carbonyl (C=O) groups excluding carboxylic acids is 1. The molecule has 0 saturated heterocycles. The van der Waals surface area contributed by atoms with Crippen molar-refractivity contribution in [2.24, 2.45) is 7.05 Å². The van der Waals surface area contributed by atoms with Crippen LogP contribution in [0.15, 0.2) is 16.6 Å². The number of aryl methyl sites for hydroxylation is 5. The van der Waals surface area contributed by atoms with Crippen LogP contribution in [0.3, 0.4) is 0 Å². The quantitative estimate of drug-likeness (QED) is 0.799. The van der Waals surface area contributed by atoms with Crippen molar-refractivity contribution < 1.29 is 4.79 Å². The molecule has 0 N–H and O–H groups in total. The molecule has 106 valence electrons. The molecule has 0 spiro atoms. The Labute approximate surface area is 128 Å². The van der Waals surface area contributed by atoms with Crippen LogP contribution in [-0.2, 0) is 13.5 Å². The van der Waals surface area contributed by atoms with E-state index in [-0.39, 0.29) is 5.78 Å². The maximum absolute atomic E-state index is 12.6. The molecule has 1 heterocycles. The molecule has 2 rings (SSSR count). The molecule has 2 aromatic rings. The molecule has 0 bridgehead atoms. The first-order valence-electron chi connectivity index (χ1n) is 6.60. The van der Waals surface area contributed by atoms with E-state index in [1.54, 1.807) is 4.68 Å². The Morgan fingerprint density at radius 2 is 1.75 bits per heavy atom. The van der Waals surface area contributed by atoms with E-state index in [9.17, 15) is 4.79 Å². The van der Waals surface area contributed by atoms with Crippen LogP contribution >= 0.6 is 15.9 Å².